The van der Waals surface area contributed by atoms with Crippen LogP contribution >= 0.6 is 28.3 Å². The third-order valence-corrected chi connectivity index (χ3v) is 3.02. The molecular weight excluding hydrogens is 311 g/mol. The van der Waals surface area contributed by atoms with E-state index in [0.29, 0.717) is 10.2 Å². The van der Waals surface area contributed by atoms with Crippen LogP contribution in [0.5, 0.6) is 0 Å². The molecular formula is C10H14BrClN2O3. The average molecular weight is 326 g/mol. The van der Waals surface area contributed by atoms with E-state index >= 15 is 0 Å². The van der Waals surface area contributed by atoms with E-state index in [-0.39, 0.29) is 30.5 Å². The first-order valence-electron chi connectivity index (χ1n) is 4.99. The highest BCUT2D eigenvalue weighted by atomic mass is 79.9. The van der Waals surface area contributed by atoms with Gasteiger partial charge in [-0.15, -0.1) is 12.4 Å². The van der Waals surface area contributed by atoms with Crippen molar-refractivity contribution in [3.8, 4) is 0 Å². The van der Waals surface area contributed by atoms with Gasteiger partial charge in [0.1, 0.15) is 6.26 Å². The molecule has 0 aromatic carbocycles. The molecule has 1 aliphatic heterocycles. The third kappa shape index (κ3) is 3.45. The zero-order valence-electron chi connectivity index (χ0n) is 9.23. The zero-order valence-corrected chi connectivity index (χ0v) is 11.6. The van der Waals surface area contributed by atoms with Crippen LogP contribution in [0.15, 0.2) is 21.4 Å². The Kier molecular flexibility index (Phi) is 5.45. The van der Waals surface area contributed by atoms with Crippen LogP contribution in [0.3, 0.4) is 0 Å². The first-order chi connectivity index (χ1) is 7.70. The van der Waals surface area contributed by atoms with Crippen molar-refractivity contribution in [3.63, 3.8) is 0 Å². The lowest BCUT2D eigenvalue weighted by Gasteiger charge is -2.17. The second kappa shape index (κ2) is 6.39. The molecule has 0 bridgehead atoms. The van der Waals surface area contributed by atoms with Crippen molar-refractivity contribution in [2.75, 3.05) is 20.2 Å². The Hall–Kier alpha value is -0.560. The molecule has 2 N–H and O–H groups in total. The van der Waals surface area contributed by atoms with Crippen molar-refractivity contribution in [2.24, 2.45) is 0 Å². The van der Waals surface area contributed by atoms with Gasteiger partial charge in [-0.05, 0) is 15.9 Å². The third-order valence-electron chi connectivity index (χ3n) is 2.61. The Morgan fingerprint density at radius 3 is 3.00 bits per heavy atom. The Bertz CT molecular complexity index is 385. The van der Waals surface area contributed by atoms with Crippen LogP contribution in [0.25, 0.3) is 0 Å². The van der Waals surface area contributed by atoms with Crippen LogP contribution in [0.2, 0.25) is 0 Å². The summed E-state index contributed by atoms with van der Waals surface area (Å²) in [6.45, 7) is 1.49. The molecule has 1 amide bonds. The molecule has 1 aliphatic rings. The van der Waals surface area contributed by atoms with Crippen molar-refractivity contribution in [1.82, 2.24) is 10.6 Å². The number of methoxy groups -OCH3 is 1. The number of rotatable bonds is 3. The standard InChI is InChI=1S/C10H13BrN2O3.ClH/c1-15-8-4-12-3-7(8)13-10(14)6-2-9(11)16-5-6;/h2,5,7-8,12H,3-4H2,1H3,(H,13,14);1H/t7-,8-;/m1./s1. The fourth-order valence-corrected chi connectivity index (χ4v) is 2.07. The summed E-state index contributed by atoms with van der Waals surface area (Å²) in [4.78, 5) is 11.8. The number of ether oxygens (including phenoxy) is 1. The lowest BCUT2D eigenvalue weighted by Crippen LogP contribution is -2.43. The molecule has 2 rings (SSSR count). The van der Waals surface area contributed by atoms with Gasteiger partial charge < -0.3 is 19.8 Å². The number of hydrogen-bond donors (Lipinski definition) is 2. The SMILES string of the molecule is CO[C@@H]1CNC[C@H]1NC(=O)c1coc(Br)c1.Cl. The van der Waals surface area contributed by atoms with Crippen LogP contribution in [0.4, 0.5) is 0 Å². The normalized spacial score (nSPS) is 23.2. The summed E-state index contributed by atoms with van der Waals surface area (Å²) in [5, 5.41) is 6.07. The maximum absolute atomic E-state index is 11.8. The Labute approximate surface area is 114 Å². The van der Waals surface area contributed by atoms with Gasteiger partial charge >= 0.3 is 0 Å². The summed E-state index contributed by atoms with van der Waals surface area (Å²) < 4.78 is 10.8. The van der Waals surface area contributed by atoms with Gasteiger partial charge in [0.25, 0.3) is 5.91 Å². The molecule has 96 valence electrons. The quantitative estimate of drug-likeness (QED) is 0.876. The van der Waals surface area contributed by atoms with E-state index in [1.807, 2.05) is 0 Å². The summed E-state index contributed by atoms with van der Waals surface area (Å²) in [5.41, 5.74) is 0.508. The number of carbonyl (C=O) groups excluding carboxylic acids is 1. The minimum atomic E-state index is -0.148. The van der Waals surface area contributed by atoms with E-state index in [1.54, 1.807) is 13.2 Å². The summed E-state index contributed by atoms with van der Waals surface area (Å²) in [6.07, 6.45) is 1.45. The number of hydrogen-bond acceptors (Lipinski definition) is 4. The molecule has 17 heavy (non-hydrogen) atoms. The maximum Gasteiger partial charge on any atom is 0.254 e. The Morgan fingerprint density at radius 1 is 1.65 bits per heavy atom. The van der Waals surface area contributed by atoms with E-state index in [4.69, 9.17) is 9.15 Å². The first kappa shape index (κ1) is 14.5. The number of amides is 1. The van der Waals surface area contributed by atoms with Gasteiger partial charge in [0, 0.05) is 26.3 Å². The lowest BCUT2D eigenvalue weighted by molar-refractivity contribution is 0.0779. The maximum atomic E-state index is 11.8. The Balaban J connectivity index is 0.00000144. The second-order valence-corrected chi connectivity index (χ2v) is 4.43. The van der Waals surface area contributed by atoms with Gasteiger partial charge in [0.05, 0.1) is 17.7 Å². The molecule has 1 aromatic rings. The molecule has 0 unspecified atom stereocenters. The second-order valence-electron chi connectivity index (χ2n) is 3.65. The molecule has 0 spiro atoms. The highest BCUT2D eigenvalue weighted by Crippen LogP contribution is 2.14. The van der Waals surface area contributed by atoms with Gasteiger partial charge in [-0.1, -0.05) is 0 Å². The molecule has 1 aromatic heterocycles. The average Bonchev–Trinajstić information content (AvgIpc) is 2.86. The largest absolute Gasteiger partial charge is 0.457 e. The molecule has 1 fully saturated rings. The van der Waals surface area contributed by atoms with Gasteiger partial charge in [-0.2, -0.15) is 0 Å². The predicted octanol–water partition coefficient (Wildman–Crippen LogP) is 1.18. The number of carbonyl (C=O) groups is 1. The van der Waals surface area contributed by atoms with Crippen molar-refractivity contribution in [2.45, 2.75) is 12.1 Å². The van der Waals surface area contributed by atoms with Crippen LogP contribution in [0.1, 0.15) is 10.4 Å². The van der Waals surface area contributed by atoms with Crippen molar-refractivity contribution < 1.29 is 13.9 Å². The highest BCUT2D eigenvalue weighted by molar-refractivity contribution is 9.10. The molecule has 5 nitrogen and oxygen atoms in total. The van der Waals surface area contributed by atoms with Crippen LogP contribution in [-0.4, -0.2) is 38.3 Å². The summed E-state index contributed by atoms with van der Waals surface area (Å²) in [7, 11) is 1.64. The van der Waals surface area contributed by atoms with Crippen molar-refractivity contribution >= 4 is 34.2 Å². The zero-order chi connectivity index (χ0) is 11.5. The van der Waals surface area contributed by atoms with Gasteiger partial charge in [0.2, 0.25) is 0 Å². The molecule has 1 saturated heterocycles. The molecule has 0 aliphatic carbocycles. The van der Waals surface area contributed by atoms with E-state index in [9.17, 15) is 4.79 Å². The van der Waals surface area contributed by atoms with Crippen LogP contribution < -0.4 is 10.6 Å². The fourth-order valence-electron chi connectivity index (χ4n) is 1.73. The Morgan fingerprint density at radius 2 is 2.41 bits per heavy atom. The van der Waals surface area contributed by atoms with Crippen LogP contribution in [0, 0.1) is 0 Å². The van der Waals surface area contributed by atoms with E-state index in [0.717, 1.165) is 13.1 Å². The van der Waals surface area contributed by atoms with Gasteiger partial charge in [0.15, 0.2) is 4.67 Å². The fraction of sp³-hybridized carbons (Fsp3) is 0.500. The molecule has 2 atom stereocenters. The summed E-state index contributed by atoms with van der Waals surface area (Å²) >= 11 is 3.15. The smallest absolute Gasteiger partial charge is 0.254 e. The molecule has 7 heteroatoms. The number of nitrogens with one attached hydrogen (secondary N) is 2. The van der Waals surface area contributed by atoms with Gasteiger partial charge in [-0.3, -0.25) is 4.79 Å². The summed E-state index contributed by atoms with van der Waals surface area (Å²) in [5.74, 6) is -0.148. The number of furan rings is 1. The van der Waals surface area contributed by atoms with E-state index in [1.165, 1.54) is 6.26 Å². The predicted molar refractivity (Wildman–Crippen MR) is 68.6 cm³/mol. The molecule has 2 heterocycles. The van der Waals surface area contributed by atoms with Crippen molar-refractivity contribution in [3.05, 3.63) is 22.6 Å². The minimum absolute atomic E-state index is 0. The lowest BCUT2D eigenvalue weighted by atomic mass is 10.2. The summed E-state index contributed by atoms with van der Waals surface area (Å²) in [6, 6.07) is 1.64. The minimum Gasteiger partial charge on any atom is -0.457 e. The number of halogens is 2. The monoisotopic (exact) mass is 324 g/mol. The molecule has 0 radical (unpaired) electrons. The van der Waals surface area contributed by atoms with Crippen molar-refractivity contribution in [1.29, 1.82) is 0 Å². The topological polar surface area (TPSA) is 63.5 Å². The van der Waals surface area contributed by atoms with E-state index in [2.05, 4.69) is 26.6 Å². The van der Waals surface area contributed by atoms with Gasteiger partial charge in [-0.25, -0.2) is 0 Å². The molecule has 0 saturated carbocycles. The van der Waals surface area contributed by atoms with E-state index < -0.39 is 0 Å². The highest BCUT2D eigenvalue weighted by Gasteiger charge is 2.28. The first-order valence-corrected chi connectivity index (χ1v) is 5.78. The van der Waals surface area contributed by atoms with Crippen LogP contribution in [-0.2, 0) is 4.74 Å².